The van der Waals surface area contributed by atoms with Crippen molar-refractivity contribution in [1.82, 2.24) is 19.9 Å². The smallest absolute Gasteiger partial charge is 0.236 e. The van der Waals surface area contributed by atoms with Crippen LogP contribution in [0.2, 0.25) is 5.02 Å². The Morgan fingerprint density at radius 1 is 1.11 bits per heavy atom. The van der Waals surface area contributed by atoms with Crippen LogP contribution in [0.15, 0.2) is 49.1 Å². The topological polar surface area (TPSA) is 90.3 Å². The molecule has 0 amide bonds. The number of ether oxygens (including phenoxy) is 2. The maximum atomic E-state index is 15.2. The number of halogens is 2. The van der Waals surface area contributed by atoms with Gasteiger partial charge in [-0.15, -0.1) is 0 Å². The molecule has 2 aromatic carbocycles. The number of aromatic nitrogens is 4. The van der Waals surface area contributed by atoms with Crippen LogP contribution in [-0.2, 0) is 9.53 Å². The largest absolute Gasteiger partial charge is 0.480 e. The van der Waals surface area contributed by atoms with Crippen molar-refractivity contribution in [3.05, 3.63) is 71.2 Å². The fraction of sp³-hybridized carbons (Fsp3) is 0.240. The zero-order chi connectivity index (χ0) is 24.4. The van der Waals surface area contributed by atoms with Gasteiger partial charge >= 0.3 is 0 Å². The molecule has 1 atom stereocenters. The summed E-state index contributed by atoms with van der Waals surface area (Å²) in [5, 5.41) is 0.764. The van der Waals surface area contributed by atoms with Gasteiger partial charge in [0.1, 0.15) is 24.1 Å². The number of fused-ring (bicyclic) bond motifs is 1. The molecule has 0 N–H and O–H groups in total. The van der Waals surface area contributed by atoms with E-state index in [-0.39, 0.29) is 22.2 Å². The number of rotatable bonds is 6. The average molecular weight is 494 g/mol. The Hall–Kier alpha value is -3.69. The SMILES string of the molecule is COc1nccnc1C(C=O)c1cc(-c2ncnc3cc(N4CCOCC4)ccc23)c(F)cc1Cl. The normalized spacial score (nSPS) is 14.7. The first-order valence-corrected chi connectivity index (χ1v) is 11.4. The fourth-order valence-corrected chi connectivity index (χ4v) is 4.52. The second-order valence-electron chi connectivity index (χ2n) is 7.94. The standard InChI is InChI=1S/C25H21ClFN5O3/c1-34-25-24(28-4-5-29-25)19(13-33)17-11-18(21(27)12-20(17)26)23-16-3-2-15(10-22(16)30-14-31-23)32-6-8-35-9-7-32/h2-5,10-14,19H,6-9H2,1H3. The quantitative estimate of drug-likeness (QED) is 0.371. The van der Waals surface area contributed by atoms with Crippen molar-refractivity contribution >= 4 is 34.5 Å². The molecule has 0 saturated carbocycles. The molecule has 2 aromatic heterocycles. The Labute approximate surface area is 205 Å². The van der Waals surface area contributed by atoms with Gasteiger partial charge in [-0.1, -0.05) is 11.6 Å². The van der Waals surface area contributed by atoms with Crippen LogP contribution in [0, 0.1) is 5.82 Å². The maximum Gasteiger partial charge on any atom is 0.236 e. The fourth-order valence-electron chi connectivity index (χ4n) is 4.26. The Bertz CT molecular complexity index is 1400. The molecule has 4 aromatic rings. The van der Waals surface area contributed by atoms with Crippen molar-refractivity contribution in [2.75, 3.05) is 38.3 Å². The monoisotopic (exact) mass is 493 g/mol. The second-order valence-corrected chi connectivity index (χ2v) is 8.35. The predicted octanol–water partition coefficient (Wildman–Crippen LogP) is 4.06. The first-order chi connectivity index (χ1) is 17.1. The third-order valence-corrected chi connectivity index (χ3v) is 6.32. The summed E-state index contributed by atoms with van der Waals surface area (Å²) in [4.78, 5) is 31.5. The summed E-state index contributed by atoms with van der Waals surface area (Å²) < 4.78 is 25.9. The molecule has 8 nitrogen and oxygen atoms in total. The Kier molecular flexibility index (Phi) is 6.52. The van der Waals surface area contributed by atoms with E-state index < -0.39 is 11.7 Å². The molecular formula is C25H21ClFN5O3. The van der Waals surface area contributed by atoms with Crippen molar-refractivity contribution < 1.29 is 18.7 Å². The zero-order valence-electron chi connectivity index (χ0n) is 18.8. The first kappa shape index (κ1) is 23.1. The van der Waals surface area contributed by atoms with Crippen LogP contribution in [0.3, 0.4) is 0 Å². The molecular weight excluding hydrogens is 473 g/mol. The van der Waals surface area contributed by atoms with Gasteiger partial charge in [-0.2, -0.15) is 0 Å². The molecule has 3 heterocycles. The number of anilines is 1. The van der Waals surface area contributed by atoms with Crippen LogP contribution in [-0.4, -0.2) is 59.6 Å². The Balaban J connectivity index is 1.61. The number of benzene rings is 2. The lowest BCUT2D eigenvalue weighted by Gasteiger charge is -2.29. The molecule has 35 heavy (non-hydrogen) atoms. The Morgan fingerprint density at radius 2 is 1.91 bits per heavy atom. The van der Waals surface area contributed by atoms with E-state index in [1.807, 2.05) is 18.2 Å². The van der Waals surface area contributed by atoms with Gasteiger partial charge in [-0.25, -0.2) is 19.3 Å². The van der Waals surface area contributed by atoms with Crippen molar-refractivity contribution in [3.8, 4) is 17.1 Å². The zero-order valence-corrected chi connectivity index (χ0v) is 19.6. The third kappa shape index (κ3) is 4.40. The van der Waals surface area contributed by atoms with Crippen LogP contribution in [0.1, 0.15) is 17.2 Å². The minimum Gasteiger partial charge on any atom is -0.480 e. The van der Waals surface area contributed by atoms with E-state index in [2.05, 4.69) is 24.8 Å². The number of methoxy groups -OCH3 is 1. The predicted molar refractivity (Wildman–Crippen MR) is 129 cm³/mol. The average Bonchev–Trinajstić information content (AvgIpc) is 2.90. The van der Waals surface area contributed by atoms with E-state index in [0.717, 1.165) is 18.8 Å². The number of morpholine rings is 1. The highest BCUT2D eigenvalue weighted by Gasteiger charge is 2.25. The Morgan fingerprint density at radius 3 is 2.69 bits per heavy atom. The summed E-state index contributed by atoms with van der Waals surface area (Å²) in [5.41, 5.74) is 2.94. The number of carbonyl (C=O) groups is 1. The van der Waals surface area contributed by atoms with E-state index in [0.29, 0.717) is 41.7 Å². The van der Waals surface area contributed by atoms with Gasteiger partial charge in [0.15, 0.2) is 0 Å². The van der Waals surface area contributed by atoms with Gasteiger partial charge in [-0.05, 0) is 35.9 Å². The minimum atomic E-state index is -0.911. The molecule has 0 spiro atoms. The molecule has 178 valence electrons. The van der Waals surface area contributed by atoms with E-state index in [1.54, 1.807) is 0 Å². The number of carbonyl (C=O) groups excluding carboxylic acids is 1. The van der Waals surface area contributed by atoms with Gasteiger partial charge in [0.2, 0.25) is 5.88 Å². The van der Waals surface area contributed by atoms with Crippen LogP contribution < -0.4 is 9.64 Å². The van der Waals surface area contributed by atoms with Crippen LogP contribution in [0.4, 0.5) is 10.1 Å². The van der Waals surface area contributed by atoms with E-state index in [4.69, 9.17) is 21.1 Å². The lowest BCUT2D eigenvalue weighted by Crippen LogP contribution is -2.36. The lowest BCUT2D eigenvalue weighted by molar-refractivity contribution is -0.108. The van der Waals surface area contributed by atoms with Crippen molar-refractivity contribution in [2.24, 2.45) is 0 Å². The van der Waals surface area contributed by atoms with Gasteiger partial charge in [-0.3, -0.25) is 4.98 Å². The third-order valence-electron chi connectivity index (χ3n) is 5.99. The van der Waals surface area contributed by atoms with Crippen LogP contribution in [0.5, 0.6) is 5.88 Å². The van der Waals surface area contributed by atoms with E-state index in [9.17, 15) is 4.79 Å². The second kappa shape index (κ2) is 9.89. The lowest BCUT2D eigenvalue weighted by atomic mass is 9.93. The van der Waals surface area contributed by atoms with Gasteiger partial charge in [0.25, 0.3) is 0 Å². The molecule has 1 unspecified atom stereocenters. The number of hydrogen-bond donors (Lipinski definition) is 0. The highest BCUT2D eigenvalue weighted by molar-refractivity contribution is 6.31. The van der Waals surface area contributed by atoms with Crippen molar-refractivity contribution in [1.29, 1.82) is 0 Å². The molecule has 1 saturated heterocycles. The number of aldehydes is 1. The molecule has 5 rings (SSSR count). The van der Waals surface area contributed by atoms with Crippen molar-refractivity contribution in [2.45, 2.75) is 5.92 Å². The summed E-state index contributed by atoms with van der Waals surface area (Å²) in [7, 11) is 1.44. The molecule has 1 aliphatic heterocycles. The van der Waals surface area contributed by atoms with Gasteiger partial charge in [0.05, 0.1) is 37.5 Å². The molecule has 0 radical (unpaired) electrons. The first-order valence-electron chi connectivity index (χ1n) is 11.0. The van der Waals surface area contributed by atoms with E-state index in [1.165, 1.54) is 38.0 Å². The molecule has 10 heteroatoms. The molecule has 1 aliphatic rings. The summed E-state index contributed by atoms with van der Waals surface area (Å²) in [6, 6.07) is 8.52. The summed E-state index contributed by atoms with van der Waals surface area (Å²) >= 11 is 6.40. The number of hydrogen-bond acceptors (Lipinski definition) is 8. The van der Waals surface area contributed by atoms with Gasteiger partial charge in [0, 0.05) is 47.1 Å². The summed E-state index contributed by atoms with van der Waals surface area (Å²) in [6.45, 7) is 2.91. The highest BCUT2D eigenvalue weighted by atomic mass is 35.5. The maximum absolute atomic E-state index is 15.2. The molecule has 1 fully saturated rings. The highest BCUT2D eigenvalue weighted by Crippen LogP contribution is 2.37. The molecule has 0 bridgehead atoms. The summed E-state index contributed by atoms with van der Waals surface area (Å²) in [5.74, 6) is -1.28. The van der Waals surface area contributed by atoms with Crippen LogP contribution >= 0.6 is 11.6 Å². The number of nitrogens with zero attached hydrogens (tertiary/aromatic N) is 5. The van der Waals surface area contributed by atoms with Gasteiger partial charge < -0.3 is 19.2 Å². The van der Waals surface area contributed by atoms with E-state index >= 15 is 4.39 Å². The summed E-state index contributed by atoms with van der Waals surface area (Å²) in [6.07, 6.45) is 5.00. The van der Waals surface area contributed by atoms with Crippen LogP contribution in [0.25, 0.3) is 22.2 Å². The minimum absolute atomic E-state index is 0.0871. The van der Waals surface area contributed by atoms with Crippen molar-refractivity contribution in [3.63, 3.8) is 0 Å². The molecule has 0 aliphatic carbocycles.